The van der Waals surface area contributed by atoms with Crippen molar-refractivity contribution in [2.45, 2.75) is 31.6 Å². The normalized spacial score (nSPS) is 15.3. The maximum absolute atomic E-state index is 12.8. The third-order valence-electron chi connectivity index (χ3n) is 3.45. The first-order valence-corrected chi connectivity index (χ1v) is 6.58. The first kappa shape index (κ1) is 19.3. The Morgan fingerprint density at radius 2 is 1.52 bits per heavy atom. The zero-order valence-electron chi connectivity index (χ0n) is 12.0. The van der Waals surface area contributed by atoms with Crippen molar-refractivity contribution in [1.29, 1.82) is 0 Å². The lowest BCUT2D eigenvalue weighted by atomic mass is 9.88. The number of hydrogen-bond donors (Lipinski definition) is 2. The standard InChI is InChI=1S/C14H15F6NO2/c1-7(2-9(6-21)12(22)23)8-3-10(13(15,16)17)5-11(4-8)14(18,19)20/h3-5,7,9H,2,6,21H2,1H3,(H,22,23). The first-order chi connectivity index (χ1) is 10.4. The number of carbonyl (C=O) groups is 1. The van der Waals surface area contributed by atoms with Gasteiger partial charge in [0.2, 0.25) is 0 Å². The summed E-state index contributed by atoms with van der Waals surface area (Å²) in [6, 6.07) is 1.25. The van der Waals surface area contributed by atoms with Crippen LogP contribution in [0.4, 0.5) is 26.3 Å². The van der Waals surface area contributed by atoms with Crippen molar-refractivity contribution in [2.75, 3.05) is 6.54 Å². The summed E-state index contributed by atoms with van der Waals surface area (Å²) in [5, 5.41) is 8.90. The molecule has 3 nitrogen and oxygen atoms in total. The number of carboxylic acid groups (broad SMARTS) is 1. The lowest BCUT2D eigenvalue weighted by molar-refractivity contribution is -0.144. The van der Waals surface area contributed by atoms with Gasteiger partial charge in [0.05, 0.1) is 17.0 Å². The molecule has 1 aromatic rings. The molecule has 0 saturated heterocycles. The van der Waals surface area contributed by atoms with Gasteiger partial charge in [-0.2, -0.15) is 26.3 Å². The van der Waals surface area contributed by atoms with E-state index in [9.17, 15) is 31.1 Å². The van der Waals surface area contributed by atoms with Crippen molar-refractivity contribution in [3.63, 3.8) is 0 Å². The Hall–Kier alpha value is -1.77. The fraction of sp³-hybridized carbons (Fsp3) is 0.500. The van der Waals surface area contributed by atoms with Crippen molar-refractivity contribution >= 4 is 5.97 Å². The van der Waals surface area contributed by atoms with Gasteiger partial charge in [-0.15, -0.1) is 0 Å². The van der Waals surface area contributed by atoms with Gasteiger partial charge in [0, 0.05) is 6.54 Å². The zero-order valence-corrected chi connectivity index (χ0v) is 12.0. The average molecular weight is 343 g/mol. The molecule has 0 saturated carbocycles. The molecular weight excluding hydrogens is 328 g/mol. The molecule has 0 heterocycles. The Balaban J connectivity index is 3.26. The highest BCUT2D eigenvalue weighted by atomic mass is 19.4. The zero-order chi connectivity index (χ0) is 18.0. The minimum atomic E-state index is -4.93. The van der Waals surface area contributed by atoms with Crippen molar-refractivity contribution in [3.05, 3.63) is 34.9 Å². The van der Waals surface area contributed by atoms with Crippen LogP contribution in [0.5, 0.6) is 0 Å². The molecule has 0 amide bonds. The number of benzene rings is 1. The van der Waals surface area contributed by atoms with E-state index in [4.69, 9.17) is 10.8 Å². The minimum Gasteiger partial charge on any atom is -0.481 e. The lowest BCUT2D eigenvalue weighted by Gasteiger charge is -2.20. The molecule has 0 bridgehead atoms. The van der Waals surface area contributed by atoms with Crippen LogP contribution < -0.4 is 5.73 Å². The molecule has 0 spiro atoms. The molecule has 0 aliphatic carbocycles. The third kappa shape index (κ3) is 5.12. The Morgan fingerprint density at radius 3 is 1.83 bits per heavy atom. The summed E-state index contributed by atoms with van der Waals surface area (Å²) in [5.41, 5.74) is 2.18. The average Bonchev–Trinajstić information content (AvgIpc) is 2.41. The molecular formula is C14H15F6NO2. The van der Waals surface area contributed by atoms with Crippen LogP contribution in [0.2, 0.25) is 0 Å². The summed E-state index contributed by atoms with van der Waals surface area (Å²) in [4.78, 5) is 10.9. The van der Waals surface area contributed by atoms with E-state index in [1.807, 2.05) is 0 Å². The molecule has 2 unspecified atom stereocenters. The van der Waals surface area contributed by atoms with Gasteiger partial charge < -0.3 is 10.8 Å². The van der Waals surface area contributed by atoms with Crippen molar-refractivity contribution in [1.82, 2.24) is 0 Å². The van der Waals surface area contributed by atoms with E-state index < -0.39 is 41.3 Å². The number of nitrogens with two attached hydrogens (primary N) is 1. The summed E-state index contributed by atoms with van der Waals surface area (Å²) in [7, 11) is 0. The summed E-state index contributed by atoms with van der Waals surface area (Å²) in [5.74, 6) is -3.13. The van der Waals surface area contributed by atoms with E-state index >= 15 is 0 Å². The van der Waals surface area contributed by atoms with Crippen LogP contribution in [-0.2, 0) is 17.1 Å². The quantitative estimate of drug-likeness (QED) is 0.798. The number of carboxylic acids is 1. The molecule has 0 aromatic heterocycles. The van der Waals surface area contributed by atoms with Gasteiger partial charge in [-0.1, -0.05) is 6.92 Å². The Bertz CT molecular complexity index is 535. The van der Waals surface area contributed by atoms with Crippen LogP contribution in [0.15, 0.2) is 18.2 Å². The molecule has 0 aliphatic rings. The van der Waals surface area contributed by atoms with Crippen LogP contribution in [0.1, 0.15) is 36.0 Å². The fourth-order valence-corrected chi connectivity index (χ4v) is 2.12. The second-order valence-corrected chi connectivity index (χ2v) is 5.25. The topological polar surface area (TPSA) is 63.3 Å². The summed E-state index contributed by atoms with van der Waals surface area (Å²) in [6.45, 7) is 1.10. The van der Waals surface area contributed by atoms with Crippen LogP contribution in [0.25, 0.3) is 0 Å². The highest BCUT2D eigenvalue weighted by molar-refractivity contribution is 5.70. The van der Waals surface area contributed by atoms with Crippen LogP contribution in [0, 0.1) is 5.92 Å². The molecule has 2 atom stereocenters. The monoisotopic (exact) mass is 343 g/mol. The van der Waals surface area contributed by atoms with E-state index in [0.29, 0.717) is 12.1 Å². The molecule has 0 aliphatic heterocycles. The van der Waals surface area contributed by atoms with Gasteiger partial charge in [0.1, 0.15) is 0 Å². The van der Waals surface area contributed by atoms with E-state index in [0.717, 1.165) is 0 Å². The predicted molar refractivity (Wildman–Crippen MR) is 69.7 cm³/mol. The Kier molecular flexibility index (Phi) is 5.68. The number of alkyl halides is 6. The smallest absolute Gasteiger partial charge is 0.416 e. The highest BCUT2D eigenvalue weighted by Crippen LogP contribution is 2.38. The van der Waals surface area contributed by atoms with Crippen LogP contribution in [-0.4, -0.2) is 17.6 Å². The molecule has 3 N–H and O–H groups in total. The maximum Gasteiger partial charge on any atom is 0.416 e. The van der Waals surface area contributed by atoms with E-state index in [1.165, 1.54) is 6.92 Å². The van der Waals surface area contributed by atoms with Gasteiger partial charge >= 0.3 is 18.3 Å². The van der Waals surface area contributed by atoms with Gasteiger partial charge in [-0.05, 0) is 36.1 Å². The summed E-state index contributed by atoms with van der Waals surface area (Å²) in [6.07, 6.45) is -10.0. The van der Waals surface area contributed by atoms with Gasteiger partial charge in [-0.25, -0.2) is 0 Å². The van der Waals surface area contributed by atoms with Gasteiger partial charge in [0.25, 0.3) is 0 Å². The van der Waals surface area contributed by atoms with E-state index in [2.05, 4.69) is 0 Å². The number of rotatable bonds is 5. The highest BCUT2D eigenvalue weighted by Gasteiger charge is 2.37. The van der Waals surface area contributed by atoms with E-state index in [1.54, 1.807) is 0 Å². The van der Waals surface area contributed by atoms with Crippen molar-refractivity contribution < 1.29 is 36.2 Å². The Labute approximate surface area is 128 Å². The predicted octanol–water partition coefficient (Wildman–Crippen LogP) is 3.88. The SMILES string of the molecule is CC(CC(CN)C(=O)O)c1cc(C(F)(F)F)cc(C(F)(F)F)c1. The molecule has 0 fully saturated rings. The van der Waals surface area contributed by atoms with Crippen LogP contribution in [0.3, 0.4) is 0 Å². The molecule has 1 aromatic carbocycles. The van der Waals surface area contributed by atoms with Gasteiger partial charge in [-0.3, -0.25) is 4.79 Å². The fourth-order valence-electron chi connectivity index (χ4n) is 2.12. The van der Waals surface area contributed by atoms with E-state index in [-0.39, 0.29) is 24.6 Å². The van der Waals surface area contributed by atoms with Gasteiger partial charge in [0.15, 0.2) is 0 Å². The Morgan fingerprint density at radius 1 is 1.09 bits per heavy atom. The number of hydrogen-bond acceptors (Lipinski definition) is 2. The maximum atomic E-state index is 12.8. The largest absolute Gasteiger partial charge is 0.481 e. The summed E-state index contributed by atoms with van der Waals surface area (Å²) >= 11 is 0. The molecule has 0 radical (unpaired) electrons. The second kappa shape index (κ2) is 6.77. The second-order valence-electron chi connectivity index (χ2n) is 5.25. The number of halogens is 6. The van der Waals surface area contributed by atoms with Crippen molar-refractivity contribution in [2.24, 2.45) is 11.7 Å². The van der Waals surface area contributed by atoms with Crippen LogP contribution >= 0.6 is 0 Å². The lowest BCUT2D eigenvalue weighted by Crippen LogP contribution is -2.25. The first-order valence-electron chi connectivity index (χ1n) is 6.58. The third-order valence-corrected chi connectivity index (χ3v) is 3.45. The molecule has 9 heteroatoms. The molecule has 23 heavy (non-hydrogen) atoms. The molecule has 1 rings (SSSR count). The minimum absolute atomic E-state index is 0.0355. The van der Waals surface area contributed by atoms with Crippen molar-refractivity contribution in [3.8, 4) is 0 Å². The molecule has 130 valence electrons. The number of aliphatic carboxylic acids is 1. The summed E-state index contributed by atoms with van der Waals surface area (Å²) < 4.78 is 76.6.